The molecule has 0 radical (unpaired) electrons. The van der Waals surface area contributed by atoms with Gasteiger partial charge in [0.1, 0.15) is 0 Å². The van der Waals surface area contributed by atoms with Crippen LogP contribution in [0.1, 0.15) is 18.5 Å². The molecule has 0 amide bonds. The second kappa shape index (κ2) is 2.84. The summed E-state index contributed by atoms with van der Waals surface area (Å²) in [5.41, 5.74) is 6.31. The first kappa shape index (κ1) is 7.94. The molecule has 0 fully saturated rings. The predicted molar refractivity (Wildman–Crippen MR) is 40.8 cm³/mol. The molecule has 1 heterocycles. The number of ketones is 1. The number of carbonyl (C=O) groups is 1. The summed E-state index contributed by atoms with van der Waals surface area (Å²) < 4.78 is 1.62. The Morgan fingerprint density at radius 3 is 2.82 bits per heavy atom. The Morgan fingerprint density at radius 2 is 2.45 bits per heavy atom. The van der Waals surface area contributed by atoms with E-state index in [0.29, 0.717) is 0 Å². The van der Waals surface area contributed by atoms with E-state index in [1.165, 1.54) is 6.92 Å². The van der Waals surface area contributed by atoms with Gasteiger partial charge in [-0.1, -0.05) is 0 Å². The molecule has 1 rings (SSSR count). The number of aryl methyl sites for hydroxylation is 1. The van der Waals surface area contributed by atoms with Crippen molar-refractivity contribution in [1.82, 2.24) is 9.78 Å². The topological polar surface area (TPSA) is 60.9 Å². The number of aromatic nitrogens is 2. The van der Waals surface area contributed by atoms with E-state index in [2.05, 4.69) is 5.10 Å². The molecule has 4 nitrogen and oxygen atoms in total. The fourth-order valence-electron chi connectivity index (χ4n) is 0.835. The van der Waals surface area contributed by atoms with Crippen molar-refractivity contribution in [2.75, 3.05) is 0 Å². The molecule has 2 N–H and O–H groups in total. The molecule has 0 saturated carbocycles. The van der Waals surface area contributed by atoms with E-state index in [4.69, 9.17) is 5.73 Å². The zero-order chi connectivity index (χ0) is 8.43. The Balaban J connectivity index is 2.84. The lowest BCUT2D eigenvalue weighted by Crippen LogP contribution is -2.17. The van der Waals surface area contributed by atoms with Gasteiger partial charge in [-0.05, 0) is 6.92 Å². The molecule has 4 heteroatoms. The van der Waals surface area contributed by atoms with Crippen LogP contribution < -0.4 is 5.73 Å². The first-order valence-electron chi connectivity index (χ1n) is 3.36. The smallest absolute Gasteiger partial charge is 0.151 e. The molecule has 0 spiro atoms. The van der Waals surface area contributed by atoms with Gasteiger partial charge in [-0.25, -0.2) is 0 Å². The van der Waals surface area contributed by atoms with Crippen LogP contribution in [0, 0.1) is 0 Å². The standard InChI is InChI=1S/C7H11N3O/c1-5(11)7(8)6-3-9-10(2)4-6/h3-4,7H,8H2,1-2H3. The van der Waals surface area contributed by atoms with Crippen molar-refractivity contribution in [2.45, 2.75) is 13.0 Å². The lowest BCUT2D eigenvalue weighted by molar-refractivity contribution is -0.118. The Morgan fingerprint density at radius 1 is 1.82 bits per heavy atom. The van der Waals surface area contributed by atoms with Crippen LogP contribution in [0.5, 0.6) is 0 Å². The molecule has 1 aromatic rings. The fraction of sp³-hybridized carbons (Fsp3) is 0.429. The molecule has 0 aromatic carbocycles. The van der Waals surface area contributed by atoms with Crippen LogP contribution in [0.25, 0.3) is 0 Å². The Kier molecular flexibility index (Phi) is 2.05. The Bertz CT molecular complexity index is 266. The summed E-state index contributed by atoms with van der Waals surface area (Å²) in [7, 11) is 1.79. The highest BCUT2D eigenvalue weighted by Crippen LogP contribution is 2.08. The molecular weight excluding hydrogens is 142 g/mol. The Labute approximate surface area is 65.0 Å². The van der Waals surface area contributed by atoms with Crippen LogP contribution in [-0.4, -0.2) is 15.6 Å². The maximum Gasteiger partial charge on any atom is 0.151 e. The van der Waals surface area contributed by atoms with Crippen molar-refractivity contribution in [1.29, 1.82) is 0 Å². The van der Waals surface area contributed by atoms with Gasteiger partial charge in [0.05, 0.1) is 12.2 Å². The highest BCUT2D eigenvalue weighted by molar-refractivity contribution is 5.82. The van der Waals surface area contributed by atoms with Gasteiger partial charge in [0.15, 0.2) is 5.78 Å². The minimum Gasteiger partial charge on any atom is -0.318 e. The number of hydrogen-bond donors (Lipinski definition) is 1. The second-order valence-electron chi connectivity index (χ2n) is 2.54. The van der Waals surface area contributed by atoms with Crippen molar-refractivity contribution < 1.29 is 4.79 Å². The summed E-state index contributed by atoms with van der Waals surface area (Å²) in [5.74, 6) is -0.0435. The number of carbonyl (C=O) groups excluding carboxylic acids is 1. The van der Waals surface area contributed by atoms with E-state index in [1.54, 1.807) is 24.1 Å². The summed E-state index contributed by atoms with van der Waals surface area (Å²) in [5, 5.41) is 3.90. The van der Waals surface area contributed by atoms with Gasteiger partial charge in [0.25, 0.3) is 0 Å². The van der Waals surface area contributed by atoms with Crippen LogP contribution in [0.2, 0.25) is 0 Å². The molecule has 0 saturated heterocycles. The molecule has 1 unspecified atom stereocenters. The van der Waals surface area contributed by atoms with E-state index < -0.39 is 6.04 Å². The first-order chi connectivity index (χ1) is 5.11. The minimum absolute atomic E-state index is 0.0435. The lowest BCUT2D eigenvalue weighted by Gasteiger charge is -2.01. The summed E-state index contributed by atoms with van der Waals surface area (Å²) in [6.07, 6.45) is 3.35. The van der Waals surface area contributed by atoms with Crippen LogP contribution >= 0.6 is 0 Å². The fourth-order valence-corrected chi connectivity index (χ4v) is 0.835. The van der Waals surface area contributed by atoms with Crippen LogP contribution in [0.4, 0.5) is 0 Å². The lowest BCUT2D eigenvalue weighted by atomic mass is 10.1. The maximum absolute atomic E-state index is 10.8. The molecule has 0 aliphatic heterocycles. The molecule has 11 heavy (non-hydrogen) atoms. The predicted octanol–water partition coefficient (Wildman–Crippen LogP) is 0.00890. The first-order valence-corrected chi connectivity index (χ1v) is 3.36. The summed E-state index contributed by atoms with van der Waals surface area (Å²) >= 11 is 0. The van der Waals surface area contributed by atoms with E-state index >= 15 is 0 Å². The number of hydrogen-bond acceptors (Lipinski definition) is 3. The van der Waals surface area contributed by atoms with E-state index in [1.807, 2.05) is 0 Å². The van der Waals surface area contributed by atoms with Gasteiger partial charge >= 0.3 is 0 Å². The number of nitrogens with two attached hydrogens (primary N) is 1. The minimum atomic E-state index is -0.524. The zero-order valence-corrected chi connectivity index (χ0v) is 6.61. The number of rotatable bonds is 2. The third kappa shape index (κ3) is 1.65. The van der Waals surface area contributed by atoms with Gasteiger partial charge in [-0.3, -0.25) is 9.48 Å². The summed E-state index contributed by atoms with van der Waals surface area (Å²) in [6, 6.07) is -0.524. The van der Waals surface area contributed by atoms with Crippen LogP contribution in [0.3, 0.4) is 0 Å². The second-order valence-corrected chi connectivity index (χ2v) is 2.54. The van der Waals surface area contributed by atoms with E-state index in [0.717, 1.165) is 5.56 Å². The molecule has 60 valence electrons. The highest BCUT2D eigenvalue weighted by Gasteiger charge is 2.11. The summed E-state index contributed by atoms with van der Waals surface area (Å²) in [6.45, 7) is 1.47. The van der Waals surface area contributed by atoms with Crippen molar-refractivity contribution in [3.8, 4) is 0 Å². The SMILES string of the molecule is CC(=O)C(N)c1cnn(C)c1. The maximum atomic E-state index is 10.8. The van der Waals surface area contributed by atoms with Crippen molar-refractivity contribution in [2.24, 2.45) is 12.8 Å². The van der Waals surface area contributed by atoms with Crippen LogP contribution in [0.15, 0.2) is 12.4 Å². The molecule has 1 atom stereocenters. The quantitative estimate of drug-likeness (QED) is 0.651. The van der Waals surface area contributed by atoms with Gasteiger partial charge in [0.2, 0.25) is 0 Å². The largest absolute Gasteiger partial charge is 0.318 e. The molecule has 0 aliphatic rings. The van der Waals surface area contributed by atoms with Crippen LogP contribution in [-0.2, 0) is 11.8 Å². The molecule has 0 bridgehead atoms. The third-order valence-corrected chi connectivity index (χ3v) is 1.52. The number of Topliss-reactive ketones (excluding diaryl/α,β-unsaturated/α-hetero) is 1. The van der Waals surface area contributed by atoms with Crippen molar-refractivity contribution >= 4 is 5.78 Å². The molecule has 1 aromatic heterocycles. The van der Waals surface area contributed by atoms with Gasteiger partial charge < -0.3 is 5.73 Å². The molecular formula is C7H11N3O. The normalized spacial score (nSPS) is 13.0. The zero-order valence-electron chi connectivity index (χ0n) is 6.61. The molecule has 0 aliphatic carbocycles. The summed E-state index contributed by atoms with van der Waals surface area (Å²) in [4.78, 5) is 10.8. The van der Waals surface area contributed by atoms with Crippen molar-refractivity contribution in [3.63, 3.8) is 0 Å². The average molecular weight is 153 g/mol. The third-order valence-electron chi connectivity index (χ3n) is 1.52. The van der Waals surface area contributed by atoms with Crippen molar-refractivity contribution in [3.05, 3.63) is 18.0 Å². The monoisotopic (exact) mass is 153 g/mol. The van der Waals surface area contributed by atoms with E-state index in [-0.39, 0.29) is 5.78 Å². The Hall–Kier alpha value is -1.16. The van der Waals surface area contributed by atoms with Gasteiger partial charge in [-0.15, -0.1) is 0 Å². The number of nitrogens with zero attached hydrogens (tertiary/aromatic N) is 2. The average Bonchev–Trinajstić information content (AvgIpc) is 2.34. The van der Waals surface area contributed by atoms with E-state index in [9.17, 15) is 4.79 Å². The van der Waals surface area contributed by atoms with Gasteiger partial charge in [-0.2, -0.15) is 5.10 Å². The highest BCUT2D eigenvalue weighted by atomic mass is 16.1. The van der Waals surface area contributed by atoms with Gasteiger partial charge in [0, 0.05) is 18.8 Å².